The second-order valence-electron chi connectivity index (χ2n) is 4.38. The zero-order valence-electron chi connectivity index (χ0n) is 9.49. The summed E-state index contributed by atoms with van der Waals surface area (Å²) >= 11 is 2.07. The zero-order valence-corrected chi connectivity index (χ0v) is 10.3. The maximum absolute atomic E-state index is 3.42. The Balaban J connectivity index is 1.99. The van der Waals surface area contributed by atoms with Crippen LogP contribution in [0, 0.1) is 12.8 Å². The molecule has 0 aliphatic carbocycles. The summed E-state index contributed by atoms with van der Waals surface area (Å²) in [5.74, 6) is 3.38. The van der Waals surface area contributed by atoms with Crippen LogP contribution in [0.4, 0.5) is 0 Å². The molecule has 15 heavy (non-hydrogen) atoms. The Labute approximate surface area is 96.7 Å². The number of hydrogen-bond acceptors (Lipinski definition) is 2. The summed E-state index contributed by atoms with van der Waals surface area (Å²) in [6, 6.07) is 9.67. The summed E-state index contributed by atoms with van der Waals surface area (Å²) in [5, 5.41) is 3.42. The molecule has 1 N–H and O–H groups in total. The van der Waals surface area contributed by atoms with E-state index in [1.54, 1.807) is 0 Å². The quantitative estimate of drug-likeness (QED) is 0.841. The monoisotopic (exact) mass is 221 g/mol. The molecule has 2 atom stereocenters. The van der Waals surface area contributed by atoms with E-state index < -0.39 is 0 Å². The van der Waals surface area contributed by atoms with Crippen molar-refractivity contribution in [3.8, 4) is 0 Å². The van der Waals surface area contributed by atoms with Gasteiger partial charge in [0.15, 0.2) is 0 Å². The average molecular weight is 221 g/mol. The summed E-state index contributed by atoms with van der Waals surface area (Å²) < 4.78 is 0. The van der Waals surface area contributed by atoms with Gasteiger partial charge in [-0.25, -0.2) is 0 Å². The molecule has 0 saturated carbocycles. The van der Waals surface area contributed by atoms with E-state index in [2.05, 4.69) is 55.3 Å². The predicted octanol–water partition coefficient (Wildman–Crippen LogP) is 2.49. The van der Waals surface area contributed by atoms with Crippen LogP contribution >= 0.6 is 11.8 Å². The molecule has 0 radical (unpaired) electrons. The molecule has 1 saturated heterocycles. The summed E-state index contributed by atoms with van der Waals surface area (Å²) in [5.41, 5.74) is 2.83. The lowest BCUT2D eigenvalue weighted by atomic mass is 9.95. The van der Waals surface area contributed by atoms with E-state index in [-0.39, 0.29) is 0 Å². The van der Waals surface area contributed by atoms with Crippen molar-refractivity contribution in [3.05, 3.63) is 35.4 Å². The van der Waals surface area contributed by atoms with Crippen molar-refractivity contribution in [2.45, 2.75) is 19.4 Å². The normalized spacial score (nSPS) is 25.7. The average Bonchev–Trinajstić information content (AvgIpc) is 2.69. The topological polar surface area (TPSA) is 12.0 Å². The zero-order chi connectivity index (χ0) is 10.7. The van der Waals surface area contributed by atoms with Crippen LogP contribution in [-0.4, -0.2) is 24.6 Å². The van der Waals surface area contributed by atoms with E-state index in [0.29, 0.717) is 6.04 Å². The molecule has 0 bridgehead atoms. The van der Waals surface area contributed by atoms with Crippen molar-refractivity contribution in [2.24, 2.45) is 5.92 Å². The highest BCUT2D eigenvalue weighted by atomic mass is 32.2. The van der Waals surface area contributed by atoms with Crippen LogP contribution in [0.15, 0.2) is 24.3 Å². The Kier molecular flexibility index (Phi) is 3.71. The van der Waals surface area contributed by atoms with Crippen LogP contribution in [0.3, 0.4) is 0 Å². The minimum absolute atomic E-state index is 0.705. The molecule has 2 unspecified atom stereocenters. The number of rotatable bonds is 3. The second kappa shape index (κ2) is 5.04. The van der Waals surface area contributed by atoms with Gasteiger partial charge in [-0.05, 0) is 37.6 Å². The first-order valence-corrected chi connectivity index (χ1v) is 6.75. The lowest BCUT2D eigenvalue weighted by Crippen LogP contribution is -2.33. The molecule has 1 nitrogen and oxygen atoms in total. The van der Waals surface area contributed by atoms with Gasteiger partial charge in [0.05, 0.1) is 0 Å². The van der Waals surface area contributed by atoms with Gasteiger partial charge in [0.25, 0.3) is 0 Å². The van der Waals surface area contributed by atoms with E-state index in [4.69, 9.17) is 0 Å². The SMILES string of the molecule is CNC1CSCC1Cc1ccc(C)cc1. The van der Waals surface area contributed by atoms with Gasteiger partial charge in [0, 0.05) is 11.8 Å². The Morgan fingerprint density at radius 3 is 2.67 bits per heavy atom. The second-order valence-corrected chi connectivity index (χ2v) is 5.46. The number of aryl methyl sites for hydroxylation is 1. The molecular formula is C13H19NS. The minimum Gasteiger partial charge on any atom is -0.316 e. The number of benzene rings is 1. The number of hydrogen-bond donors (Lipinski definition) is 1. The molecule has 1 heterocycles. The summed E-state index contributed by atoms with van der Waals surface area (Å²) in [6.45, 7) is 2.14. The molecule has 1 fully saturated rings. The Morgan fingerprint density at radius 1 is 1.27 bits per heavy atom. The van der Waals surface area contributed by atoms with Crippen molar-refractivity contribution in [1.29, 1.82) is 0 Å². The Bertz CT molecular complexity index is 307. The molecule has 1 aromatic rings. The Morgan fingerprint density at radius 2 is 2.00 bits per heavy atom. The number of nitrogens with one attached hydrogen (secondary N) is 1. The third-order valence-electron chi connectivity index (χ3n) is 3.19. The molecule has 2 heteroatoms. The first-order chi connectivity index (χ1) is 7.29. The van der Waals surface area contributed by atoms with Gasteiger partial charge in [0.1, 0.15) is 0 Å². The predicted molar refractivity (Wildman–Crippen MR) is 68.5 cm³/mol. The molecule has 1 aliphatic heterocycles. The lowest BCUT2D eigenvalue weighted by molar-refractivity contribution is 0.453. The molecule has 0 amide bonds. The third kappa shape index (κ3) is 2.76. The number of thioether (sulfide) groups is 1. The largest absolute Gasteiger partial charge is 0.316 e. The standard InChI is InChI=1S/C13H19NS/c1-10-3-5-11(6-4-10)7-12-8-15-9-13(12)14-2/h3-6,12-14H,7-9H2,1-2H3. The molecule has 0 spiro atoms. The summed E-state index contributed by atoms with van der Waals surface area (Å²) in [4.78, 5) is 0. The molecule has 2 rings (SSSR count). The van der Waals surface area contributed by atoms with Crippen LogP contribution in [0.5, 0.6) is 0 Å². The van der Waals surface area contributed by atoms with E-state index in [1.807, 2.05) is 0 Å². The fourth-order valence-electron chi connectivity index (χ4n) is 2.15. The van der Waals surface area contributed by atoms with Gasteiger partial charge in [0.2, 0.25) is 0 Å². The van der Waals surface area contributed by atoms with E-state index in [0.717, 1.165) is 5.92 Å². The maximum atomic E-state index is 3.42. The molecule has 1 aromatic carbocycles. The van der Waals surface area contributed by atoms with E-state index in [1.165, 1.54) is 29.1 Å². The molecule has 1 aliphatic rings. The van der Waals surface area contributed by atoms with Crippen LogP contribution in [0.1, 0.15) is 11.1 Å². The summed E-state index contributed by atoms with van der Waals surface area (Å²) in [7, 11) is 2.08. The van der Waals surface area contributed by atoms with Crippen molar-refractivity contribution in [3.63, 3.8) is 0 Å². The lowest BCUT2D eigenvalue weighted by Gasteiger charge is -2.17. The highest BCUT2D eigenvalue weighted by molar-refractivity contribution is 7.99. The van der Waals surface area contributed by atoms with Gasteiger partial charge in [-0.1, -0.05) is 29.8 Å². The van der Waals surface area contributed by atoms with Gasteiger partial charge in [-0.15, -0.1) is 0 Å². The van der Waals surface area contributed by atoms with E-state index in [9.17, 15) is 0 Å². The smallest absolute Gasteiger partial charge is 0.0194 e. The molecule has 82 valence electrons. The van der Waals surface area contributed by atoms with Crippen LogP contribution in [0.2, 0.25) is 0 Å². The fourth-order valence-corrected chi connectivity index (χ4v) is 3.63. The first kappa shape index (κ1) is 11.0. The van der Waals surface area contributed by atoms with Crippen molar-refractivity contribution in [2.75, 3.05) is 18.6 Å². The first-order valence-electron chi connectivity index (χ1n) is 5.60. The van der Waals surface area contributed by atoms with Gasteiger partial charge >= 0.3 is 0 Å². The minimum atomic E-state index is 0.705. The molecule has 0 aromatic heterocycles. The van der Waals surface area contributed by atoms with Crippen LogP contribution in [-0.2, 0) is 6.42 Å². The molecular weight excluding hydrogens is 202 g/mol. The summed E-state index contributed by atoms with van der Waals surface area (Å²) in [6.07, 6.45) is 1.22. The van der Waals surface area contributed by atoms with Crippen molar-refractivity contribution in [1.82, 2.24) is 5.32 Å². The van der Waals surface area contributed by atoms with Crippen LogP contribution in [0.25, 0.3) is 0 Å². The Hall–Kier alpha value is -0.470. The third-order valence-corrected chi connectivity index (χ3v) is 4.45. The van der Waals surface area contributed by atoms with Crippen molar-refractivity contribution < 1.29 is 0 Å². The van der Waals surface area contributed by atoms with Crippen molar-refractivity contribution >= 4 is 11.8 Å². The maximum Gasteiger partial charge on any atom is 0.0194 e. The van der Waals surface area contributed by atoms with Gasteiger partial charge < -0.3 is 5.32 Å². The van der Waals surface area contributed by atoms with Gasteiger partial charge in [-0.2, -0.15) is 11.8 Å². The van der Waals surface area contributed by atoms with Crippen LogP contribution < -0.4 is 5.32 Å². The highest BCUT2D eigenvalue weighted by Crippen LogP contribution is 2.27. The van der Waals surface area contributed by atoms with Gasteiger partial charge in [-0.3, -0.25) is 0 Å². The van der Waals surface area contributed by atoms with E-state index >= 15 is 0 Å². The highest BCUT2D eigenvalue weighted by Gasteiger charge is 2.26. The fraction of sp³-hybridized carbons (Fsp3) is 0.538.